The van der Waals surface area contributed by atoms with E-state index >= 15 is 0 Å². The quantitative estimate of drug-likeness (QED) is 0.317. The van der Waals surface area contributed by atoms with Crippen LogP contribution < -0.4 is 0 Å². The van der Waals surface area contributed by atoms with Gasteiger partial charge in [-0.2, -0.15) is 4.85 Å². The van der Waals surface area contributed by atoms with E-state index in [1.54, 1.807) is 0 Å². The Morgan fingerprint density at radius 3 is 1.79 bits per heavy atom. The van der Waals surface area contributed by atoms with Crippen molar-refractivity contribution in [1.82, 2.24) is 4.90 Å². The zero-order valence-corrected chi connectivity index (χ0v) is 15.9. The van der Waals surface area contributed by atoms with Gasteiger partial charge in [-0.1, -0.05) is 18.2 Å². The molecule has 0 aromatic heterocycles. The summed E-state index contributed by atoms with van der Waals surface area (Å²) in [6.07, 6.45) is 2.99. The summed E-state index contributed by atoms with van der Waals surface area (Å²) < 4.78 is 0. The van der Waals surface area contributed by atoms with Crippen molar-refractivity contribution < 1.29 is 10.0 Å². The maximum absolute atomic E-state index is 5.04. The summed E-state index contributed by atoms with van der Waals surface area (Å²) in [5.74, 6) is 0. The molecule has 0 aliphatic heterocycles. The Labute approximate surface area is 134 Å². The molecule has 0 aliphatic carbocycles. The molecule has 1 rings (SSSR count). The molecule has 0 saturated heterocycles. The topological polar surface area (TPSA) is 7.60 Å². The summed E-state index contributed by atoms with van der Waals surface area (Å²) in [7, 11) is 21.0. The van der Waals surface area contributed by atoms with Gasteiger partial charge in [0, 0.05) is 12.1 Å². The molecule has 0 N–H and O–H groups in total. The summed E-state index contributed by atoms with van der Waals surface area (Å²) in [5.41, 5.74) is 0.953. The molecule has 2 nitrogen and oxygen atoms in total. The average molecular weight is 400 g/mol. The van der Waals surface area contributed by atoms with Crippen LogP contribution in [-0.4, -0.2) is 18.0 Å². The third kappa shape index (κ3) is 16.6. The van der Waals surface area contributed by atoms with Crippen molar-refractivity contribution in [3.05, 3.63) is 35.2 Å². The first-order chi connectivity index (χ1) is 8.60. The van der Waals surface area contributed by atoms with E-state index in [0.29, 0.717) is 0 Å². The van der Waals surface area contributed by atoms with Gasteiger partial charge in [0.05, 0.1) is 13.1 Å². The summed E-state index contributed by atoms with van der Waals surface area (Å²) in [6.45, 7) is 6.09. The summed E-state index contributed by atoms with van der Waals surface area (Å²) in [5, 5.41) is 0. The first-order valence-electron chi connectivity index (χ1n) is 5.57. The van der Waals surface area contributed by atoms with E-state index in [1.165, 1.54) is 0 Å². The van der Waals surface area contributed by atoms with Gasteiger partial charge in [0.2, 0.25) is 5.69 Å². The number of hydrogen-bond acceptors (Lipinski definition) is 1. The van der Waals surface area contributed by atoms with Crippen molar-refractivity contribution in [2.45, 2.75) is 13.8 Å². The van der Waals surface area contributed by atoms with E-state index < -0.39 is 10.0 Å². The Hall–Kier alpha value is 0.674. The fourth-order valence-corrected chi connectivity index (χ4v) is 0.996. The number of hydrogen-bond donors (Lipinski definition) is 0. The van der Waals surface area contributed by atoms with E-state index in [1.807, 2.05) is 35.2 Å². The molecular formula is C11H15Cl5N2Ti. The van der Waals surface area contributed by atoms with Crippen LogP contribution in [-0.2, 0) is 10.0 Å². The van der Waals surface area contributed by atoms with E-state index in [9.17, 15) is 0 Å². The van der Waals surface area contributed by atoms with Gasteiger partial charge in [0.15, 0.2) is 0 Å². The van der Waals surface area contributed by atoms with Crippen molar-refractivity contribution in [2.24, 2.45) is 0 Å². The average Bonchev–Trinajstić information content (AvgIpc) is 2.28. The molecule has 0 amide bonds. The number of rotatable bonds is 2. The summed E-state index contributed by atoms with van der Waals surface area (Å²) in [6, 6.07) is 9.87. The number of para-hydroxylation sites is 1. The molecule has 0 fully saturated rings. The molecule has 1 aromatic carbocycles. The van der Waals surface area contributed by atoms with Crippen LogP contribution in [0.25, 0.3) is 4.85 Å². The van der Waals surface area contributed by atoms with Crippen LogP contribution >= 0.6 is 46.5 Å². The van der Waals surface area contributed by atoms with Crippen LogP contribution in [0.4, 0.5) is 5.69 Å². The third-order valence-electron chi connectivity index (χ3n) is 1.84. The Kier molecular flexibility index (Phi) is 9.16. The van der Waals surface area contributed by atoms with Crippen LogP contribution in [0.15, 0.2) is 30.3 Å². The van der Waals surface area contributed by atoms with E-state index in [2.05, 4.69) is 24.9 Å². The van der Waals surface area contributed by atoms with Crippen LogP contribution in [0.2, 0.25) is 0 Å². The standard InChI is InChI=1S/C11H15N2.5ClH.Ti/c1-3-13(4-2)10-12-11-8-6-5-7-9-11;;;;;;/h5-9H,3-4H2,1-2H3;5*1H;/q+1;;;;;;+4/p-5. The zero-order valence-electron chi connectivity index (χ0n) is 10.6. The van der Waals surface area contributed by atoms with Gasteiger partial charge in [0.1, 0.15) is 0 Å². The summed E-state index contributed by atoms with van der Waals surface area (Å²) in [4.78, 5) is 6.26. The van der Waals surface area contributed by atoms with Gasteiger partial charge in [-0.05, 0) is 13.8 Å². The van der Waals surface area contributed by atoms with Gasteiger partial charge in [0.25, 0.3) is 0 Å². The van der Waals surface area contributed by atoms with Gasteiger partial charge < -0.3 is 0 Å². The fourth-order valence-electron chi connectivity index (χ4n) is 0.996. The van der Waals surface area contributed by atoms with Crippen LogP contribution in [0.3, 0.4) is 0 Å². The molecule has 19 heavy (non-hydrogen) atoms. The van der Waals surface area contributed by atoms with Crippen LogP contribution in [0.5, 0.6) is 0 Å². The second kappa shape index (κ2) is 8.85. The molecular weight excluding hydrogens is 385 g/mol. The molecule has 0 aliphatic rings. The van der Waals surface area contributed by atoms with Gasteiger partial charge in [-0.15, -0.1) is 0 Å². The van der Waals surface area contributed by atoms with E-state index in [-0.39, 0.29) is 0 Å². The first kappa shape index (κ1) is 19.7. The molecule has 0 unspecified atom stereocenters. The zero-order chi connectivity index (χ0) is 15.0. The normalized spacial score (nSPS) is 12.1. The minimum absolute atomic E-state index is 0.951. The van der Waals surface area contributed by atoms with E-state index in [4.69, 9.17) is 46.5 Å². The number of nitrogens with zero attached hydrogens (tertiary/aromatic N) is 2. The van der Waals surface area contributed by atoms with Crippen molar-refractivity contribution in [2.75, 3.05) is 13.1 Å². The molecule has 0 saturated carbocycles. The first-order valence-corrected chi connectivity index (χ1v) is 16.3. The van der Waals surface area contributed by atoms with Crippen molar-refractivity contribution >= 4 is 52.2 Å². The Bertz CT molecular complexity index is 412. The Morgan fingerprint density at radius 1 is 1.00 bits per heavy atom. The molecule has 0 spiro atoms. The molecule has 0 radical (unpaired) electrons. The minimum atomic E-state index is -4.24. The third-order valence-corrected chi connectivity index (χ3v) is 1.84. The van der Waals surface area contributed by atoms with Crippen molar-refractivity contribution in [1.29, 1.82) is 0 Å². The fraction of sp³-hybridized carbons (Fsp3) is 0.364. The predicted molar refractivity (Wildman–Crippen MR) is 85.5 cm³/mol. The number of benzene rings is 1. The second-order valence-corrected chi connectivity index (χ2v) is 29.2. The van der Waals surface area contributed by atoms with Gasteiger partial charge in [-0.3, -0.25) is 0 Å². The van der Waals surface area contributed by atoms with Crippen LogP contribution in [0, 0.1) is 6.19 Å². The summed E-state index contributed by atoms with van der Waals surface area (Å²) >= 11 is 0. The SMILES string of the molecule is CCN(C#[N+]c1ccccc1)CC.[Cl][Ti-]([Cl])([Cl])([Cl])[Cl]. The molecule has 8 heteroatoms. The van der Waals surface area contributed by atoms with Crippen molar-refractivity contribution in [3.8, 4) is 6.19 Å². The second-order valence-electron chi connectivity index (χ2n) is 3.43. The maximum atomic E-state index is 5.04. The van der Waals surface area contributed by atoms with E-state index in [0.717, 1.165) is 18.8 Å². The predicted octanol–water partition coefficient (Wildman–Crippen LogP) is 6.40. The molecule has 0 heterocycles. The van der Waals surface area contributed by atoms with Gasteiger partial charge >= 0.3 is 62.7 Å². The monoisotopic (exact) mass is 398 g/mol. The Morgan fingerprint density at radius 2 is 1.42 bits per heavy atom. The number of halogens is 5. The molecule has 0 atom stereocenters. The molecule has 1 aromatic rings. The van der Waals surface area contributed by atoms with Gasteiger partial charge in [-0.25, -0.2) is 4.90 Å². The Balaban J connectivity index is 0.000000459. The van der Waals surface area contributed by atoms with Crippen molar-refractivity contribution in [3.63, 3.8) is 0 Å². The molecule has 108 valence electrons. The van der Waals surface area contributed by atoms with Crippen LogP contribution in [0.1, 0.15) is 13.8 Å². The molecule has 0 bridgehead atoms.